The molecule has 68 valence electrons. The SMILES string of the molecule is CC(=O)NC1C(=O)CC(C)C1C. The summed E-state index contributed by atoms with van der Waals surface area (Å²) in [7, 11) is 0. The molecular weight excluding hydrogens is 154 g/mol. The molecule has 0 bridgehead atoms. The number of carbonyl (C=O) groups excluding carboxylic acids is 2. The quantitative estimate of drug-likeness (QED) is 0.629. The van der Waals surface area contributed by atoms with Crippen LogP contribution in [0.3, 0.4) is 0 Å². The summed E-state index contributed by atoms with van der Waals surface area (Å²) in [6.45, 7) is 5.50. The molecule has 3 nitrogen and oxygen atoms in total. The predicted molar refractivity (Wildman–Crippen MR) is 45.6 cm³/mol. The maximum Gasteiger partial charge on any atom is 0.217 e. The van der Waals surface area contributed by atoms with Crippen LogP contribution in [0.2, 0.25) is 0 Å². The Kier molecular flexibility index (Phi) is 2.50. The predicted octanol–water partition coefficient (Wildman–Crippen LogP) is 0.736. The van der Waals surface area contributed by atoms with Gasteiger partial charge in [-0.2, -0.15) is 0 Å². The number of hydrogen-bond acceptors (Lipinski definition) is 2. The monoisotopic (exact) mass is 169 g/mol. The topological polar surface area (TPSA) is 46.2 Å². The summed E-state index contributed by atoms with van der Waals surface area (Å²) in [6, 6.07) is -0.238. The van der Waals surface area contributed by atoms with Crippen molar-refractivity contribution in [3.8, 4) is 0 Å². The number of hydrogen-bond donors (Lipinski definition) is 1. The Morgan fingerprint density at radius 2 is 2.08 bits per heavy atom. The number of Topliss-reactive ketones (excluding diaryl/α,β-unsaturated/α-hetero) is 1. The molecule has 1 amide bonds. The average molecular weight is 169 g/mol. The van der Waals surface area contributed by atoms with Crippen molar-refractivity contribution in [2.75, 3.05) is 0 Å². The summed E-state index contributed by atoms with van der Waals surface area (Å²) in [5.74, 6) is 0.732. The van der Waals surface area contributed by atoms with E-state index in [1.54, 1.807) is 0 Å². The molecule has 0 saturated heterocycles. The van der Waals surface area contributed by atoms with E-state index in [2.05, 4.69) is 5.32 Å². The standard InChI is InChI=1S/C9H15NO2/c1-5-4-8(12)9(6(5)2)10-7(3)11/h5-6,9H,4H2,1-3H3,(H,10,11). The average Bonchev–Trinajstić information content (AvgIpc) is 2.16. The van der Waals surface area contributed by atoms with Gasteiger partial charge in [-0.15, -0.1) is 0 Å². The van der Waals surface area contributed by atoms with Crippen molar-refractivity contribution < 1.29 is 9.59 Å². The van der Waals surface area contributed by atoms with Crippen LogP contribution >= 0.6 is 0 Å². The van der Waals surface area contributed by atoms with Gasteiger partial charge < -0.3 is 5.32 Å². The van der Waals surface area contributed by atoms with Crippen LogP contribution in [0, 0.1) is 11.8 Å². The first-order valence-electron chi connectivity index (χ1n) is 4.32. The van der Waals surface area contributed by atoms with E-state index in [4.69, 9.17) is 0 Å². The van der Waals surface area contributed by atoms with Crippen molar-refractivity contribution in [2.45, 2.75) is 33.2 Å². The molecule has 1 fully saturated rings. The molecule has 1 N–H and O–H groups in total. The number of amides is 1. The van der Waals surface area contributed by atoms with E-state index in [1.165, 1.54) is 6.92 Å². The molecular formula is C9H15NO2. The molecule has 0 aromatic heterocycles. The molecule has 1 rings (SSSR count). The Morgan fingerprint density at radius 3 is 2.42 bits per heavy atom. The Bertz CT molecular complexity index is 213. The third-order valence-electron chi connectivity index (χ3n) is 2.65. The van der Waals surface area contributed by atoms with Gasteiger partial charge in [-0.1, -0.05) is 13.8 Å². The fraction of sp³-hybridized carbons (Fsp3) is 0.778. The molecule has 1 saturated carbocycles. The van der Waals surface area contributed by atoms with Crippen LogP contribution in [0.15, 0.2) is 0 Å². The van der Waals surface area contributed by atoms with E-state index < -0.39 is 0 Å². The molecule has 1 aliphatic carbocycles. The summed E-state index contributed by atoms with van der Waals surface area (Å²) in [5.41, 5.74) is 0. The summed E-state index contributed by atoms with van der Waals surface area (Å²) < 4.78 is 0. The zero-order valence-corrected chi connectivity index (χ0v) is 7.76. The second-order valence-electron chi connectivity index (χ2n) is 3.69. The zero-order chi connectivity index (χ0) is 9.30. The number of nitrogens with one attached hydrogen (secondary N) is 1. The molecule has 3 heteroatoms. The lowest BCUT2D eigenvalue weighted by molar-refractivity contribution is -0.125. The Morgan fingerprint density at radius 1 is 1.50 bits per heavy atom. The maximum absolute atomic E-state index is 11.3. The molecule has 1 aliphatic rings. The van der Waals surface area contributed by atoms with Crippen LogP contribution < -0.4 is 5.32 Å². The van der Waals surface area contributed by atoms with E-state index in [1.807, 2.05) is 13.8 Å². The lowest BCUT2D eigenvalue weighted by Gasteiger charge is -2.16. The molecule has 3 unspecified atom stereocenters. The molecule has 0 heterocycles. The number of rotatable bonds is 1. The van der Waals surface area contributed by atoms with Gasteiger partial charge in [-0.3, -0.25) is 9.59 Å². The minimum atomic E-state index is -0.238. The summed E-state index contributed by atoms with van der Waals surface area (Å²) in [6.07, 6.45) is 0.603. The minimum Gasteiger partial charge on any atom is -0.346 e. The highest BCUT2D eigenvalue weighted by atomic mass is 16.2. The lowest BCUT2D eigenvalue weighted by Crippen LogP contribution is -2.40. The van der Waals surface area contributed by atoms with Crippen LogP contribution in [-0.2, 0) is 9.59 Å². The van der Waals surface area contributed by atoms with Gasteiger partial charge in [0.05, 0.1) is 6.04 Å². The smallest absolute Gasteiger partial charge is 0.217 e. The molecule has 3 atom stereocenters. The van der Waals surface area contributed by atoms with E-state index in [-0.39, 0.29) is 23.7 Å². The number of carbonyl (C=O) groups is 2. The third kappa shape index (κ3) is 1.65. The van der Waals surface area contributed by atoms with Crippen LogP contribution in [-0.4, -0.2) is 17.7 Å². The molecule has 0 aliphatic heterocycles. The van der Waals surface area contributed by atoms with Gasteiger partial charge >= 0.3 is 0 Å². The van der Waals surface area contributed by atoms with Crippen LogP contribution in [0.1, 0.15) is 27.2 Å². The van der Waals surface area contributed by atoms with Crippen LogP contribution in [0.4, 0.5) is 0 Å². The van der Waals surface area contributed by atoms with E-state index >= 15 is 0 Å². The van der Waals surface area contributed by atoms with Crippen molar-refractivity contribution in [1.29, 1.82) is 0 Å². The first-order chi connectivity index (χ1) is 5.52. The van der Waals surface area contributed by atoms with Gasteiger partial charge in [0.25, 0.3) is 0 Å². The first-order valence-corrected chi connectivity index (χ1v) is 4.32. The van der Waals surface area contributed by atoms with Gasteiger partial charge in [0.1, 0.15) is 0 Å². The van der Waals surface area contributed by atoms with Gasteiger partial charge in [0, 0.05) is 13.3 Å². The Labute approximate surface area is 72.5 Å². The van der Waals surface area contributed by atoms with Crippen molar-refractivity contribution >= 4 is 11.7 Å². The summed E-state index contributed by atoms with van der Waals surface area (Å²) >= 11 is 0. The molecule has 0 aromatic rings. The highest BCUT2D eigenvalue weighted by Crippen LogP contribution is 2.28. The second-order valence-corrected chi connectivity index (χ2v) is 3.69. The molecule has 0 spiro atoms. The van der Waals surface area contributed by atoms with Gasteiger partial charge in [-0.25, -0.2) is 0 Å². The second kappa shape index (κ2) is 3.25. The third-order valence-corrected chi connectivity index (χ3v) is 2.65. The van der Waals surface area contributed by atoms with Crippen LogP contribution in [0.25, 0.3) is 0 Å². The van der Waals surface area contributed by atoms with Crippen molar-refractivity contribution in [1.82, 2.24) is 5.32 Å². The lowest BCUT2D eigenvalue weighted by atomic mass is 9.98. The molecule has 0 radical (unpaired) electrons. The fourth-order valence-corrected chi connectivity index (χ4v) is 1.68. The highest BCUT2D eigenvalue weighted by Gasteiger charge is 2.37. The van der Waals surface area contributed by atoms with E-state index in [0.717, 1.165) is 0 Å². The maximum atomic E-state index is 11.3. The minimum absolute atomic E-state index is 0.116. The zero-order valence-electron chi connectivity index (χ0n) is 7.76. The summed E-state index contributed by atoms with van der Waals surface area (Å²) in [4.78, 5) is 22.1. The Hall–Kier alpha value is -0.860. The molecule has 0 aromatic carbocycles. The Balaban J connectivity index is 2.63. The van der Waals surface area contributed by atoms with Crippen molar-refractivity contribution in [3.63, 3.8) is 0 Å². The number of ketones is 1. The first kappa shape index (κ1) is 9.23. The largest absolute Gasteiger partial charge is 0.346 e. The van der Waals surface area contributed by atoms with Gasteiger partial charge in [0.15, 0.2) is 5.78 Å². The van der Waals surface area contributed by atoms with Crippen LogP contribution in [0.5, 0.6) is 0 Å². The normalized spacial score (nSPS) is 35.2. The van der Waals surface area contributed by atoms with Gasteiger partial charge in [-0.05, 0) is 11.8 Å². The fourth-order valence-electron chi connectivity index (χ4n) is 1.68. The van der Waals surface area contributed by atoms with Gasteiger partial charge in [0.2, 0.25) is 5.91 Å². The summed E-state index contributed by atoms with van der Waals surface area (Å²) in [5, 5.41) is 2.68. The van der Waals surface area contributed by atoms with E-state index in [9.17, 15) is 9.59 Å². The molecule has 12 heavy (non-hydrogen) atoms. The van der Waals surface area contributed by atoms with Crippen molar-refractivity contribution in [2.24, 2.45) is 11.8 Å². The van der Waals surface area contributed by atoms with Crippen molar-refractivity contribution in [3.05, 3.63) is 0 Å². The van der Waals surface area contributed by atoms with E-state index in [0.29, 0.717) is 12.3 Å². The highest BCUT2D eigenvalue weighted by molar-refractivity contribution is 5.90.